The number of aliphatic hydroxyl groups is 1. The third-order valence-corrected chi connectivity index (χ3v) is 2.79. The molecule has 4 nitrogen and oxygen atoms in total. The molecular formula is C9H14ClN3O. The van der Waals surface area contributed by atoms with Crippen molar-refractivity contribution in [3.8, 4) is 0 Å². The number of nitrogens with zero attached hydrogens (tertiary/aromatic N) is 3. The third-order valence-electron chi connectivity index (χ3n) is 2.61. The normalized spacial score (nSPS) is 27.6. The van der Waals surface area contributed by atoms with Gasteiger partial charge in [-0.1, -0.05) is 0 Å². The first-order valence-corrected chi connectivity index (χ1v) is 5.34. The molecule has 0 aliphatic carbocycles. The van der Waals surface area contributed by atoms with Crippen LogP contribution in [0.15, 0.2) is 9.98 Å². The zero-order chi connectivity index (χ0) is 9.97. The Morgan fingerprint density at radius 3 is 2.79 bits per heavy atom. The minimum Gasteiger partial charge on any atom is -0.394 e. The summed E-state index contributed by atoms with van der Waals surface area (Å²) in [7, 11) is 0. The number of halogens is 1. The van der Waals surface area contributed by atoms with E-state index in [1.54, 1.807) is 0 Å². The highest BCUT2D eigenvalue weighted by Gasteiger charge is 2.23. The summed E-state index contributed by atoms with van der Waals surface area (Å²) in [5.74, 6) is 0.988. The Labute approximate surface area is 88.3 Å². The van der Waals surface area contributed by atoms with Crippen molar-refractivity contribution >= 4 is 22.7 Å². The Bertz CT molecular complexity index is 271. The first kappa shape index (κ1) is 9.93. The van der Waals surface area contributed by atoms with E-state index >= 15 is 0 Å². The Hall–Kier alpha value is -0.610. The Morgan fingerprint density at radius 1 is 1.43 bits per heavy atom. The van der Waals surface area contributed by atoms with Crippen molar-refractivity contribution in [1.29, 1.82) is 0 Å². The molecule has 1 atom stereocenters. The van der Waals surface area contributed by atoms with Gasteiger partial charge in [-0.25, -0.2) is 9.98 Å². The average molecular weight is 216 g/mol. The summed E-state index contributed by atoms with van der Waals surface area (Å²) in [5.41, 5.74) is 0. The molecule has 0 aromatic heterocycles. The van der Waals surface area contributed by atoms with Crippen LogP contribution in [0.4, 0.5) is 0 Å². The molecule has 2 heterocycles. The maximum absolute atomic E-state index is 9.03. The van der Waals surface area contributed by atoms with Crippen LogP contribution in [0.3, 0.4) is 0 Å². The highest BCUT2D eigenvalue weighted by atomic mass is 35.5. The fraction of sp³-hybridized carbons (Fsp3) is 0.778. The molecule has 2 aliphatic rings. The lowest BCUT2D eigenvalue weighted by Gasteiger charge is -2.24. The molecule has 0 spiro atoms. The van der Waals surface area contributed by atoms with Gasteiger partial charge in [0, 0.05) is 19.5 Å². The quantitative estimate of drug-likeness (QED) is 0.659. The van der Waals surface area contributed by atoms with Gasteiger partial charge in [-0.2, -0.15) is 0 Å². The number of aliphatic hydroxyl groups excluding tert-OH is 1. The first-order valence-electron chi connectivity index (χ1n) is 4.96. The SMILES string of the molecule is OCC1CC(N2CCCC2)=NC(Cl)=N1. The first-order chi connectivity index (χ1) is 6.79. The smallest absolute Gasteiger partial charge is 0.219 e. The van der Waals surface area contributed by atoms with Crippen LogP contribution in [0.2, 0.25) is 0 Å². The third kappa shape index (κ3) is 2.07. The van der Waals surface area contributed by atoms with E-state index in [0.29, 0.717) is 6.42 Å². The second-order valence-corrected chi connectivity index (χ2v) is 4.00. The Balaban J connectivity index is 2.08. The molecule has 0 radical (unpaired) electrons. The van der Waals surface area contributed by atoms with Crippen molar-refractivity contribution < 1.29 is 5.11 Å². The number of likely N-dealkylation sites (tertiary alicyclic amines) is 1. The highest BCUT2D eigenvalue weighted by Crippen LogP contribution is 2.16. The zero-order valence-corrected chi connectivity index (χ0v) is 8.74. The summed E-state index contributed by atoms with van der Waals surface area (Å²) in [4.78, 5) is 10.5. The van der Waals surface area contributed by atoms with E-state index < -0.39 is 0 Å². The topological polar surface area (TPSA) is 48.2 Å². The van der Waals surface area contributed by atoms with Crippen molar-refractivity contribution in [3.63, 3.8) is 0 Å². The van der Waals surface area contributed by atoms with Gasteiger partial charge in [0.2, 0.25) is 5.29 Å². The van der Waals surface area contributed by atoms with Crippen molar-refractivity contribution in [2.75, 3.05) is 19.7 Å². The molecule has 0 saturated carbocycles. The number of aliphatic imine (C=N–C) groups is 2. The Morgan fingerprint density at radius 2 is 2.14 bits per heavy atom. The molecule has 0 aromatic carbocycles. The minimum atomic E-state index is -0.101. The fourth-order valence-corrected chi connectivity index (χ4v) is 2.10. The summed E-state index contributed by atoms with van der Waals surface area (Å²) in [5, 5.41) is 9.31. The van der Waals surface area contributed by atoms with Gasteiger partial charge in [0.05, 0.1) is 12.6 Å². The van der Waals surface area contributed by atoms with Crippen LogP contribution in [0.5, 0.6) is 0 Å². The lowest BCUT2D eigenvalue weighted by atomic mass is 10.2. The summed E-state index contributed by atoms with van der Waals surface area (Å²) in [6.45, 7) is 2.16. The number of rotatable bonds is 1. The second kappa shape index (κ2) is 4.28. The van der Waals surface area contributed by atoms with Gasteiger partial charge in [0.1, 0.15) is 5.84 Å². The summed E-state index contributed by atoms with van der Waals surface area (Å²) in [6, 6.07) is -0.101. The van der Waals surface area contributed by atoms with Crippen LogP contribution in [0.1, 0.15) is 19.3 Å². The van der Waals surface area contributed by atoms with E-state index in [4.69, 9.17) is 16.7 Å². The van der Waals surface area contributed by atoms with E-state index in [1.165, 1.54) is 12.8 Å². The maximum atomic E-state index is 9.03. The van der Waals surface area contributed by atoms with Gasteiger partial charge >= 0.3 is 0 Å². The van der Waals surface area contributed by atoms with Crippen LogP contribution in [0.25, 0.3) is 0 Å². The molecule has 78 valence electrons. The molecule has 1 unspecified atom stereocenters. The molecule has 1 saturated heterocycles. The van der Waals surface area contributed by atoms with Crippen molar-refractivity contribution in [2.45, 2.75) is 25.3 Å². The van der Waals surface area contributed by atoms with E-state index in [-0.39, 0.29) is 17.9 Å². The van der Waals surface area contributed by atoms with Crippen LogP contribution >= 0.6 is 11.6 Å². The van der Waals surface area contributed by atoms with Gasteiger partial charge in [-0.3, -0.25) is 0 Å². The van der Waals surface area contributed by atoms with E-state index in [2.05, 4.69) is 14.9 Å². The van der Waals surface area contributed by atoms with Crippen LogP contribution in [-0.2, 0) is 0 Å². The molecule has 2 rings (SSSR count). The molecule has 14 heavy (non-hydrogen) atoms. The lowest BCUT2D eigenvalue weighted by molar-refractivity contribution is 0.266. The van der Waals surface area contributed by atoms with Crippen LogP contribution in [-0.4, -0.2) is 46.9 Å². The molecule has 1 N–H and O–H groups in total. The molecule has 2 aliphatic heterocycles. The number of amidine groups is 2. The monoisotopic (exact) mass is 215 g/mol. The molecule has 0 bridgehead atoms. The van der Waals surface area contributed by atoms with Gasteiger partial charge in [-0.05, 0) is 24.4 Å². The summed E-state index contributed by atoms with van der Waals surface area (Å²) in [6.07, 6.45) is 3.15. The predicted octanol–water partition coefficient (Wildman–Crippen LogP) is 0.840. The predicted molar refractivity (Wildman–Crippen MR) is 57.0 cm³/mol. The van der Waals surface area contributed by atoms with Crippen molar-refractivity contribution in [2.24, 2.45) is 9.98 Å². The summed E-state index contributed by atoms with van der Waals surface area (Å²) < 4.78 is 0. The van der Waals surface area contributed by atoms with Gasteiger partial charge in [-0.15, -0.1) is 0 Å². The van der Waals surface area contributed by atoms with Gasteiger partial charge in [0.15, 0.2) is 0 Å². The molecule has 1 fully saturated rings. The van der Waals surface area contributed by atoms with Crippen LogP contribution < -0.4 is 0 Å². The van der Waals surface area contributed by atoms with E-state index in [9.17, 15) is 0 Å². The lowest BCUT2D eigenvalue weighted by Crippen LogP contribution is -2.34. The standard InChI is InChI=1S/C9H14ClN3O/c10-9-11-7(6-14)5-8(12-9)13-3-1-2-4-13/h7,14H,1-6H2. The maximum Gasteiger partial charge on any atom is 0.219 e. The van der Waals surface area contributed by atoms with E-state index in [1.807, 2.05) is 0 Å². The number of hydrogen-bond donors (Lipinski definition) is 1. The van der Waals surface area contributed by atoms with Gasteiger partial charge in [0.25, 0.3) is 0 Å². The highest BCUT2D eigenvalue weighted by molar-refractivity contribution is 6.65. The molecule has 0 amide bonds. The number of hydrogen-bond acceptors (Lipinski definition) is 4. The van der Waals surface area contributed by atoms with E-state index in [0.717, 1.165) is 18.9 Å². The van der Waals surface area contributed by atoms with Gasteiger partial charge < -0.3 is 10.0 Å². The molecule has 0 aromatic rings. The fourth-order valence-electron chi connectivity index (χ4n) is 1.87. The average Bonchev–Trinajstić information content (AvgIpc) is 2.69. The minimum absolute atomic E-state index is 0.0447. The van der Waals surface area contributed by atoms with Crippen molar-refractivity contribution in [1.82, 2.24) is 4.90 Å². The van der Waals surface area contributed by atoms with Crippen molar-refractivity contribution in [3.05, 3.63) is 0 Å². The second-order valence-electron chi connectivity index (χ2n) is 3.66. The zero-order valence-electron chi connectivity index (χ0n) is 7.99. The largest absolute Gasteiger partial charge is 0.394 e. The Kier molecular flexibility index (Phi) is 3.03. The molecular weight excluding hydrogens is 202 g/mol. The molecule has 5 heteroatoms. The van der Waals surface area contributed by atoms with Crippen LogP contribution in [0, 0.1) is 0 Å². The summed E-state index contributed by atoms with van der Waals surface area (Å²) >= 11 is 5.79.